The molecule has 0 amide bonds. The van der Waals surface area contributed by atoms with Crippen LogP contribution in [0.5, 0.6) is 5.75 Å². The number of rotatable bonds is 5. The molecule has 1 saturated heterocycles. The van der Waals surface area contributed by atoms with E-state index in [0.29, 0.717) is 18.3 Å². The van der Waals surface area contributed by atoms with Crippen molar-refractivity contribution in [1.29, 1.82) is 0 Å². The number of aryl methyl sites for hydroxylation is 1. The second-order valence-corrected chi connectivity index (χ2v) is 6.90. The highest BCUT2D eigenvalue weighted by molar-refractivity contribution is 14.0. The molecule has 3 rings (SSSR count). The summed E-state index contributed by atoms with van der Waals surface area (Å²) in [6.45, 7) is 4.30. The van der Waals surface area contributed by atoms with E-state index < -0.39 is 0 Å². The molecular weight excluding hydrogens is 475 g/mol. The van der Waals surface area contributed by atoms with Crippen LogP contribution in [0.25, 0.3) is 0 Å². The average molecular weight is 501 g/mol. The minimum atomic E-state index is 0. The Balaban J connectivity index is 0.00000261. The predicted octanol–water partition coefficient (Wildman–Crippen LogP) is 3.73. The van der Waals surface area contributed by atoms with Gasteiger partial charge >= 0.3 is 0 Å². The lowest BCUT2D eigenvalue weighted by Crippen LogP contribution is -2.51. The van der Waals surface area contributed by atoms with Crippen LogP contribution in [-0.2, 0) is 6.42 Å². The summed E-state index contributed by atoms with van der Waals surface area (Å²) in [4.78, 5) is 9.01. The number of anilines is 1. The molecule has 0 spiro atoms. The second kappa shape index (κ2) is 10.6. The van der Waals surface area contributed by atoms with Crippen molar-refractivity contribution in [1.82, 2.24) is 4.90 Å². The highest BCUT2D eigenvalue weighted by Crippen LogP contribution is 2.19. The first-order chi connectivity index (χ1) is 12.6. The maximum atomic E-state index is 9.30. The number of aliphatic imine (C=N–C) groups is 1. The molecule has 0 bridgehead atoms. The third kappa shape index (κ3) is 6.46. The first kappa shape index (κ1) is 21.6. The Kier molecular flexibility index (Phi) is 8.50. The van der Waals surface area contributed by atoms with Crippen molar-refractivity contribution in [3.8, 4) is 5.75 Å². The van der Waals surface area contributed by atoms with Crippen LogP contribution < -0.4 is 10.6 Å². The number of hydrogen-bond donors (Lipinski definition) is 2. The summed E-state index contributed by atoms with van der Waals surface area (Å²) in [6, 6.07) is 15.3. The highest BCUT2D eigenvalue weighted by atomic mass is 127. The van der Waals surface area contributed by atoms with E-state index in [2.05, 4.69) is 26.9 Å². The van der Waals surface area contributed by atoms with Crippen LogP contribution in [0.3, 0.4) is 0 Å². The summed E-state index contributed by atoms with van der Waals surface area (Å²) in [6.07, 6.45) is 1.87. The molecule has 2 aromatic carbocycles. The normalized spacial score (nSPS) is 14.8. The van der Waals surface area contributed by atoms with Crippen LogP contribution in [0.15, 0.2) is 53.5 Å². The average Bonchev–Trinajstić information content (AvgIpc) is 2.67. The number of nitrogens with two attached hydrogens (primary N) is 1. The first-order valence-corrected chi connectivity index (χ1v) is 9.33. The largest absolute Gasteiger partial charge is 0.508 e. The number of phenols is 1. The first-order valence-electron chi connectivity index (χ1n) is 8.95. The molecule has 0 aliphatic carbocycles. The molecular formula is C20H26ClIN4O. The molecule has 2 aromatic rings. The Hall–Kier alpha value is -1.67. The summed E-state index contributed by atoms with van der Waals surface area (Å²) in [5.74, 6) is 0.931. The molecule has 0 atom stereocenters. The standard InChI is InChI=1S/C20H25ClN4O.HI/c21-17-5-7-18(8-6-17)24-12-14-25(15-13-24)20(22)23-11-1-2-16-3-9-19(26)10-4-16;/h3-10,26H,1-2,11-15H2,(H2,22,23);1H. The lowest BCUT2D eigenvalue weighted by atomic mass is 10.1. The number of aromatic hydroxyl groups is 1. The summed E-state index contributed by atoms with van der Waals surface area (Å²) >= 11 is 5.95. The van der Waals surface area contributed by atoms with E-state index >= 15 is 0 Å². The fraction of sp³-hybridized carbons (Fsp3) is 0.350. The number of hydrogen-bond acceptors (Lipinski definition) is 3. The number of piperazine rings is 1. The number of halogens is 2. The van der Waals surface area contributed by atoms with Crippen LogP contribution in [-0.4, -0.2) is 48.7 Å². The van der Waals surface area contributed by atoms with Gasteiger partial charge in [-0.25, -0.2) is 0 Å². The van der Waals surface area contributed by atoms with Crippen LogP contribution >= 0.6 is 35.6 Å². The number of guanidine groups is 1. The molecule has 3 N–H and O–H groups in total. The maximum Gasteiger partial charge on any atom is 0.191 e. The van der Waals surface area contributed by atoms with Gasteiger partial charge in [-0.1, -0.05) is 23.7 Å². The van der Waals surface area contributed by atoms with Gasteiger partial charge in [-0.3, -0.25) is 4.99 Å². The molecule has 1 aliphatic rings. The molecule has 146 valence electrons. The summed E-state index contributed by atoms with van der Waals surface area (Å²) in [7, 11) is 0. The maximum absolute atomic E-state index is 9.30. The predicted molar refractivity (Wildman–Crippen MR) is 124 cm³/mol. The zero-order chi connectivity index (χ0) is 18.4. The fourth-order valence-electron chi connectivity index (χ4n) is 3.09. The van der Waals surface area contributed by atoms with Crippen LogP contribution in [0.4, 0.5) is 5.69 Å². The quantitative estimate of drug-likeness (QED) is 0.284. The SMILES string of the molecule is I.NC(=NCCCc1ccc(O)cc1)N1CCN(c2ccc(Cl)cc2)CC1. The van der Waals surface area contributed by atoms with Gasteiger partial charge in [-0.05, 0) is 54.8 Å². The molecule has 1 fully saturated rings. The minimum absolute atomic E-state index is 0. The van der Waals surface area contributed by atoms with Gasteiger partial charge in [-0.2, -0.15) is 0 Å². The summed E-state index contributed by atoms with van der Waals surface area (Å²) < 4.78 is 0. The van der Waals surface area contributed by atoms with Crippen molar-refractivity contribution < 1.29 is 5.11 Å². The van der Waals surface area contributed by atoms with E-state index in [4.69, 9.17) is 17.3 Å². The third-order valence-electron chi connectivity index (χ3n) is 4.63. The van der Waals surface area contributed by atoms with Gasteiger partial charge in [0, 0.05) is 43.4 Å². The number of benzene rings is 2. The molecule has 5 nitrogen and oxygen atoms in total. The van der Waals surface area contributed by atoms with Crippen molar-refractivity contribution in [3.63, 3.8) is 0 Å². The topological polar surface area (TPSA) is 65.1 Å². The van der Waals surface area contributed by atoms with Crippen molar-refractivity contribution >= 4 is 47.2 Å². The van der Waals surface area contributed by atoms with Crippen molar-refractivity contribution in [3.05, 3.63) is 59.1 Å². The third-order valence-corrected chi connectivity index (χ3v) is 4.88. The van der Waals surface area contributed by atoms with E-state index in [1.165, 1.54) is 11.3 Å². The molecule has 1 heterocycles. The monoisotopic (exact) mass is 500 g/mol. The van der Waals surface area contributed by atoms with Gasteiger partial charge < -0.3 is 20.6 Å². The highest BCUT2D eigenvalue weighted by Gasteiger charge is 2.18. The molecule has 7 heteroatoms. The molecule has 27 heavy (non-hydrogen) atoms. The van der Waals surface area contributed by atoms with E-state index in [0.717, 1.165) is 44.0 Å². The minimum Gasteiger partial charge on any atom is -0.508 e. The second-order valence-electron chi connectivity index (χ2n) is 6.46. The summed E-state index contributed by atoms with van der Waals surface area (Å²) in [5, 5.41) is 10.1. The van der Waals surface area contributed by atoms with Crippen LogP contribution in [0, 0.1) is 0 Å². The molecule has 0 unspecified atom stereocenters. The zero-order valence-corrected chi connectivity index (χ0v) is 18.3. The van der Waals surface area contributed by atoms with Crippen molar-refractivity contribution in [2.24, 2.45) is 10.7 Å². The molecule has 0 radical (unpaired) electrons. The van der Waals surface area contributed by atoms with Gasteiger partial charge in [0.2, 0.25) is 0 Å². The lowest BCUT2D eigenvalue weighted by Gasteiger charge is -2.36. The van der Waals surface area contributed by atoms with Gasteiger partial charge in [0.15, 0.2) is 5.96 Å². The van der Waals surface area contributed by atoms with Crippen LogP contribution in [0.1, 0.15) is 12.0 Å². The smallest absolute Gasteiger partial charge is 0.191 e. The Bertz CT molecular complexity index is 729. The van der Waals surface area contributed by atoms with Crippen molar-refractivity contribution in [2.45, 2.75) is 12.8 Å². The van der Waals surface area contributed by atoms with E-state index in [1.54, 1.807) is 12.1 Å². The molecule has 0 saturated carbocycles. The summed E-state index contributed by atoms with van der Waals surface area (Å²) in [5.41, 5.74) is 8.55. The van der Waals surface area contributed by atoms with Gasteiger partial charge in [-0.15, -0.1) is 24.0 Å². The van der Waals surface area contributed by atoms with Gasteiger partial charge in [0.25, 0.3) is 0 Å². The van der Waals surface area contributed by atoms with E-state index in [9.17, 15) is 5.11 Å². The lowest BCUT2D eigenvalue weighted by molar-refractivity contribution is 0.380. The van der Waals surface area contributed by atoms with E-state index in [1.807, 2.05) is 24.3 Å². The van der Waals surface area contributed by atoms with Crippen molar-refractivity contribution in [2.75, 3.05) is 37.6 Å². The van der Waals surface area contributed by atoms with Gasteiger partial charge in [0.05, 0.1) is 0 Å². The Labute approximate surface area is 182 Å². The van der Waals surface area contributed by atoms with Crippen LogP contribution in [0.2, 0.25) is 5.02 Å². The Morgan fingerprint density at radius 1 is 1.00 bits per heavy atom. The number of phenolic OH excluding ortho intramolecular Hbond substituents is 1. The Morgan fingerprint density at radius 3 is 2.26 bits per heavy atom. The Morgan fingerprint density at radius 2 is 1.63 bits per heavy atom. The molecule has 0 aromatic heterocycles. The number of nitrogens with zero attached hydrogens (tertiary/aromatic N) is 3. The fourth-order valence-corrected chi connectivity index (χ4v) is 3.21. The van der Waals surface area contributed by atoms with Gasteiger partial charge in [0.1, 0.15) is 5.75 Å². The molecule has 1 aliphatic heterocycles. The zero-order valence-electron chi connectivity index (χ0n) is 15.2. The van der Waals surface area contributed by atoms with E-state index in [-0.39, 0.29) is 24.0 Å².